The first kappa shape index (κ1) is 10.9. The van der Waals surface area contributed by atoms with Crippen molar-refractivity contribution in [2.75, 3.05) is 0 Å². The Morgan fingerprint density at radius 1 is 0.933 bits per heavy atom. The molecule has 0 spiro atoms. The van der Waals surface area contributed by atoms with Gasteiger partial charge in [-0.25, -0.2) is 0 Å². The Hall–Kier alpha value is -2.16. The van der Waals surface area contributed by atoms with Gasteiger partial charge in [0.1, 0.15) is 0 Å². The van der Waals surface area contributed by atoms with Crippen molar-refractivity contribution >= 4 is 5.91 Å². The van der Waals surface area contributed by atoms with Crippen LogP contribution in [0.1, 0.15) is 10.4 Å². The van der Waals surface area contributed by atoms with Crippen molar-refractivity contribution in [1.29, 1.82) is 0 Å². The lowest BCUT2D eigenvalue weighted by atomic mass is 10.2. The van der Waals surface area contributed by atoms with Crippen LogP contribution in [0.2, 0.25) is 0 Å². The molecule has 0 aliphatic rings. The van der Waals surface area contributed by atoms with Gasteiger partial charge in [-0.05, 0) is 24.3 Å². The second-order valence-corrected chi connectivity index (χ2v) is 2.75. The number of carbonyl (C=O) groups is 1. The SMILES string of the molecule is NC(=O)c1ccccc1.c1ccncc1. The molecule has 0 unspecified atom stereocenters. The third-order valence-corrected chi connectivity index (χ3v) is 1.62. The van der Waals surface area contributed by atoms with Crippen molar-refractivity contribution in [3.8, 4) is 0 Å². The van der Waals surface area contributed by atoms with Crippen LogP contribution in [0.4, 0.5) is 0 Å². The average molecular weight is 200 g/mol. The summed E-state index contributed by atoms with van der Waals surface area (Å²) >= 11 is 0. The molecule has 0 aliphatic heterocycles. The molecule has 0 fully saturated rings. The Morgan fingerprint density at radius 3 is 1.73 bits per heavy atom. The van der Waals surface area contributed by atoms with Crippen molar-refractivity contribution in [1.82, 2.24) is 4.98 Å². The van der Waals surface area contributed by atoms with E-state index in [9.17, 15) is 4.79 Å². The molecule has 0 radical (unpaired) electrons. The third-order valence-electron chi connectivity index (χ3n) is 1.62. The molecule has 3 heteroatoms. The minimum Gasteiger partial charge on any atom is -0.366 e. The van der Waals surface area contributed by atoms with Crippen molar-refractivity contribution < 1.29 is 4.79 Å². The van der Waals surface area contributed by atoms with Gasteiger partial charge in [0.2, 0.25) is 5.91 Å². The Morgan fingerprint density at radius 2 is 1.47 bits per heavy atom. The number of hydrogen-bond donors (Lipinski definition) is 1. The van der Waals surface area contributed by atoms with E-state index in [1.54, 1.807) is 36.7 Å². The van der Waals surface area contributed by atoms with Crippen LogP contribution in [0.15, 0.2) is 60.9 Å². The van der Waals surface area contributed by atoms with E-state index in [1.807, 2.05) is 24.3 Å². The van der Waals surface area contributed by atoms with Gasteiger partial charge in [-0.2, -0.15) is 0 Å². The van der Waals surface area contributed by atoms with Gasteiger partial charge in [-0.15, -0.1) is 0 Å². The summed E-state index contributed by atoms with van der Waals surface area (Å²) in [7, 11) is 0. The summed E-state index contributed by atoms with van der Waals surface area (Å²) in [5, 5.41) is 0. The fourth-order valence-electron chi connectivity index (χ4n) is 0.915. The van der Waals surface area contributed by atoms with Gasteiger partial charge in [0.25, 0.3) is 0 Å². The first-order valence-electron chi connectivity index (χ1n) is 4.50. The van der Waals surface area contributed by atoms with E-state index in [0.717, 1.165) is 0 Å². The van der Waals surface area contributed by atoms with Gasteiger partial charge in [-0.1, -0.05) is 24.3 Å². The molecule has 0 bridgehead atoms. The molecular weight excluding hydrogens is 188 g/mol. The highest BCUT2D eigenvalue weighted by atomic mass is 16.1. The molecule has 1 aromatic carbocycles. The van der Waals surface area contributed by atoms with Gasteiger partial charge in [0.15, 0.2) is 0 Å². The zero-order valence-corrected chi connectivity index (χ0v) is 8.21. The third kappa shape index (κ3) is 4.57. The zero-order chi connectivity index (χ0) is 10.9. The maximum atomic E-state index is 10.4. The lowest BCUT2D eigenvalue weighted by Gasteiger charge is -1.89. The quantitative estimate of drug-likeness (QED) is 0.764. The van der Waals surface area contributed by atoms with Crippen LogP contribution in [0.3, 0.4) is 0 Å². The fraction of sp³-hybridized carbons (Fsp3) is 0. The standard InChI is InChI=1S/C7H7NO.C5H5N/c8-7(9)6-4-2-1-3-5-6;1-2-4-6-5-3-1/h1-5H,(H2,8,9);1-5H. The highest BCUT2D eigenvalue weighted by Crippen LogP contribution is 1.94. The minimum atomic E-state index is -0.379. The topological polar surface area (TPSA) is 56.0 Å². The molecule has 2 rings (SSSR count). The molecule has 1 heterocycles. The van der Waals surface area contributed by atoms with E-state index in [2.05, 4.69) is 4.98 Å². The smallest absolute Gasteiger partial charge is 0.248 e. The second kappa shape index (κ2) is 6.32. The largest absolute Gasteiger partial charge is 0.366 e. The molecule has 76 valence electrons. The summed E-state index contributed by atoms with van der Waals surface area (Å²) < 4.78 is 0. The minimum absolute atomic E-state index is 0.379. The second-order valence-electron chi connectivity index (χ2n) is 2.75. The summed E-state index contributed by atoms with van der Waals surface area (Å²) in [4.78, 5) is 14.2. The van der Waals surface area contributed by atoms with Crippen molar-refractivity contribution in [2.24, 2.45) is 5.73 Å². The van der Waals surface area contributed by atoms with Crippen LogP contribution in [-0.4, -0.2) is 10.9 Å². The van der Waals surface area contributed by atoms with Crippen LogP contribution in [0, 0.1) is 0 Å². The molecule has 0 aliphatic carbocycles. The molecule has 1 aromatic heterocycles. The summed E-state index contributed by atoms with van der Waals surface area (Å²) in [6.07, 6.45) is 3.50. The number of hydrogen-bond acceptors (Lipinski definition) is 2. The molecule has 15 heavy (non-hydrogen) atoms. The van der Waals surface area contributed by atoms with E-state index in [-0.39, 0.29) is 5.91 Å². The Kier molecular flexibility index (Phi) is 4.60. The molecule has 2 aromatic rings. The lowest BCUT2D eigenvalue weighted by molar-refractivity contribution is 0.100. The van der Waals surface area contributed by atoms with Crippen molar-refractivity contribution in [2.45, 2.75) is 0 Å². The van der Waals surface area contributed by atoms with Crippen molar-refractivity contribution in [3.63, 3.8) is 0 Å². The number of benzene rings is 1. The number of primary amides is 1. The number of nitrogens with zero attached hydrogens (tertiary/aromatic N) is 1. The number of amides is 1. The van der Waals surface area contributed by atoms with Crippen LogP contribution < -0.4 is 5.73 Å². The molecule has 0 saturated heterocycles. The predicted octanol–water partition coefficient (Wildman–Crippen LogP) is 1.87. The first-order valence-corrected chi connectivity index (χ1v) is 4.50. The number of aromatic nitrogens is 1. The molecule has 0 atom stereocenters. The van der Waals surface area contributed by atoms with Gasteiger partial charge in [-0.3, -0.25) is 9.78 Å². The van der Waals surface area contributed by atoms with Crippen LogP contribution in [0.25, 0.3) is 0 Å². The Balaban J connectivity index is 0.000000162. The lowest BCUT2D eigenvalue weighted by Crippen LogP contribution is -2.09. The number of pyridine rings is 1. The highest BCUT2D eigenvalue weighted by molar-refractivity contribution is 5.92. The van der Waals surface area contributed by atoms with Gasteiger partial charge < -0.3 is 5.73 Å². The van der Waals surface area contributed by atoms with E-state index >= 15 is 0 Å². The first-order chi connectivity index (χ1) is 7.30. The molecule has 2 N–H and O–H groups in total. The van der Waals surface area contributed by atoms with Crippen LogP contribution >= 0.6 is 0 Å². The predicted molar refractivity (Wildman–Crippen MR) is 59.2 cm³/mol. The van der Waals surface area contributed by atoms with Gasteiger partial charge >= 0.3 is 0 Å². The van der Waals surface area contributed by atoms with E-state index in [0.29, 0.717) is 5.56 Å². The number of carbonyl (C=O) groups excluding carboxylic acids is 1. The fourth-order valence-corrected chi connectivity index (χ4v) is 0.915. The Bertz CT molecular complexity index is 360. The molecule has 1 amide bonds. The number of rotatable bonds is 1. The molecule has 0 saturated carbocycles. The van der Waals surface area contributed by atoms with E-state index in [4.69, 9.17) is 5.73 Å². The maximum Gasteiger partial charge on any atom is 0.248 e. The summed E-state index contributed by atoms with van der Waals surface area (Å²) in [5.41, 5.74) is 5.53. The normalized spacial score (nSPS) is 8.53. The molecule has 3 nitrogen and oxygen atoms in total. The summed E-state index contributed by atoms with van der Waals surface area (Å²) in [5.74, 6) is -0.379. The van der Waals surface area contributed by atoms with E-state index in [1.165, 1.54) is 0 Å². The van der Waals surface area contributed by atoms with Crippen molar-refractivity contribution in [3.05, 3.63) is 66.5 Å². The summed E-state index contributed by atoms with van der Waals surface area (Å²) in [6, 6.07) is 14.5. The van der Waals surface area contributed by atoms with Crippen LogP contribution in [0.5, 0.6) is 0 Å². The maximum absolute atomic E-state index is 10.4. The number of nitrogens with two attached hydrogens (primary N) is 1. The highest BCUT2D eigenvalue weighted by Gasteiger charge is 1.93. The van der Waals surface area contributed by atoms with E-state index < -0.39 is 0 Å². The summed E-state index contributed by atoms with van der Waals surface area (Å²) in [6.45, 7) is 0. The van der Waals surface area contributed by atoms with Gasteiger partial charge in [0.05, 0.1) is 0 Å². The van der Waals surface area contributed by atoms with Crippen LogP contribution in [-0.2, 0) is 0 Å². The molecular formula is C12H12N2O. The monoisotopic (exact) mass is 200 g/mol. The zero-order valence-electron chi connectivity index (χ0n) is 8.21. The Labute approximate surface area is 88.6 Å². The van der Waals surface area contributed by atoms with Gasteiger partial charge in [0, 0.05) is 18.0 Å². The average Bonchev–Trinajstić information content (AvgIpc) is 2.33.